The van der Waals surface area contributed by atoms with E-state index in [1.165, 1.54) is 23.3 Å². The maximum absolute atomic E-state index is 13.0. The quantitative estimate of drug-likeness (QED) is 0.622. The fourth-order valence-corrected chi connectivity index (χ4v) is 4.02. The highest BCUT2D eigenvalue weighted by molar-refractivity contribution is 7.13. The summed E-state index contributed by atoms with van der Waals surface area (Å²) in [7, 11) is 1.32. The van der Waals surface area contributed by atoms with Crippen LogP contribution in [0.25, 0.3) is 0 Å². The summed E-state index contributed by atoms with van der Waals surface area (Å²) in [4.78, 5) is 46.0. The van der Waals surface area contributed by atoms with E-state index in [4.69, 9.17) is 4.74 Å². The molecule has 2 aromatic rings. The van der Waals surface area contributed by atoms with Gasteiger partial charge in [-0.05, 0) is 36.8 Å². The van der Waals surface area contributed by atoms with Gasteiger partial charge in [0.25, 0.3) is 5.91 Å². The molecule has 3 heterocycles. The van der Waals surface area contributed by atoms with Gasteiger partial charge in [0.1, 0.15) is 6.54 Å². The first-order chi connectivity index (χ1) is 14.5. The van der Waals surface area contributed by atoms with E-state index in [0.717, 1.165) is 10.4 Å². The molecule has 0 saturated carbocycles. The summed E-state index contributed by atoms with van der Waals surface area (Å²) in [6, 6.07) is 7.37. The van der Waals surface area contributed by atoms with Crippen LogP contribution in [0.5, 0.6) is 0 Å². The SMILES string of the molecule is COC(=O)CCN1C[C@@H](OCc2ccncc2)CN(C(=O)c2ccc(C)s2)CC1=O. The Morgan fingerprint density at radius 3 is 2.63 bits per heavy atom. The number of carbonyl (C=O) groups excluding carboxylic acids is 3. The number of ether oxygens (including phenoxy) is 2. The molecule has 30 heavy (non-hydrogen) atoms. The smallest absolute Gasteiger partial charge is 0.307 e. The van der Waals surface area contributed by atoms with E-state index >= 15 is 0 Å². The van der Waals surface area contributed by atoms with E-state index in [1.54, 1.807) is 23.4 Å². The van der Waals surface area contributed by atoms with Gasteiger partial charge in [0.05, 0.1) is 31.1 Å². The van der Waals surface area contributed by atoms with Gasteiger partial charge in [0.15, 0.2) is 0 Å². The molecular formula is C21H25N3O5S. The highest BCUT2D eigenvalue weighted by atomic mass is 32.1. The summed E-state index contributed by atoms with van der Waals surface area (Å²) in [5, 5.41) is 0. The minimum atomic E-state index is -0.386. The Kier molecular flexibility index (Phi) is 7.53. The van der Waals surface area contributed by atoms with E-state index in [-0.39, 0.29) is 43.4 Å². The van der Waals surface area contributed by atoms with Crippen molar-refractivity contribution >= 4 is 29.1 Å². The molecule has 1 aliphatic rings. The molecule has 0 aliphatic carbocycles. The molecule has 0 N–H and O–H groups in total. The fraction of sp³-hybridized carbons (Fsp3) is 0.429. The molecule has 2 aromatic heterocycles. The highest BCUT2D eigenvalue weighted by Crippen LogP contribution is 2.20. The second-order valence-electron chi connectivity index (χ2n) is 7.05. The number of rotatable bonds is 7. The van der Waals surface area contributed by atoms with Crippen molar-refractivity contribution in [1.29, 1.82) is 0 Å². The first-order valence-electron chi connectivity index (χ1n) is 9.67. The lowest BCUT2D eigenvalue weighted by atomic mass is 10.2. The number of aryl methyl sites for hydroxylation is 1. The molecule has 1 atom stereocenters. The monoisotopic (exact) mass is 431 g/mol. The predicted molar refractivity (Wildman–Crippen MR) is 111 cm³/mol. The van der Waals surface area contributed by atoms with Gasteiger partial charge in [-0.3, -0.25) is 19.4 Å². The zero-order valence-electron chi connectivity index (χ0n) is 17.1. The number of hydrogen-bond acceptors (Lipinski definition) is 7. The first kappa shape index (κ1) is 21.9. The molecule has 0 spiro atoms. The Hall–Kier alpha value is -2.78. The topological polar surface area (TPSA) is 89.0 Å². The largest absolute Gasteiger partial charge is 0.469 e. The van der Waals surface area contributed by atoms with Gasteiger partial charge >= 0.3 is 5.97 Å². The van der Waals surface area contributed by atoms with Crippen LogP contribution in [0.3, 0.4) is 0 Å². The van der Waals surface area contributed by atoms with Crippen molar-refractivity contribution in [3.63, 3.8) is 0 Å². The van der Waals surface area contributed by atoms with Crippen LogP contribution in [-0.4, -0.2) is 72.0 Å². The van der Waals surface area contributed by atoms with E-state index < -0.39 is 0 Å². The number of methoxy groups -OCH3 is 1. The first-order valence-corrected chi connectivity index (χ1v) is 10.5. The van der Waals surface area contributed by atoms with Gasteiger partial charge in [0, 0.05) is 36.9 Å². The molecule has 160 valence electrons. The van der Waals surface area contributed by atoms with Gasteiger partial charge in [-0.25, -0.2) is 0 Å². The molecule has 0 aromatic carbocycles. The average Bonchev–Trinajstić information content (AvgIpc) is 3.12. The van der Waals surface area contributed by atoms with Crippen molar-refractivity contribution in [2.24, 2.45) is 0 Å². The van der Waals surface area contributed by atoms with Crippen molar-refractivity contribution in [3.8, 4) is 0 Å². The van der Waals surface area contributed by atoms with Crippen LogP contribution in [0.4, 0.5) is 0 Å². The maximum atomic E-state index is 13.0. The maximum Gasteiger partial charge on any atom is 0.307 e. The van der Waals surface area contributed by atoms with Crippen molar-refractivity contribution in [2.75, 3.05) is 33.3 Å². The van der Waals surface area contributed by atoms with E-state index in [9.17, 15) is 14.4 Å². The molecule has 1 saturated heterocycles. The normalized spacial score (nSPS) is 17.0. The Morgan fingerprint density at radius 2 is 1.97 bits per heavy atom. The third kappa shape index (κ3) is 5.87. The summed E-state index contributed by atoms with van der Waals surface area (Å²) in [5.41, 5.74) is 0.952. The second kappa shape index (κ2) is 10.3. The van der Waals surface area contributed by atoms with Crippen LogP contribution >= 0.6 is 11.3 Å². The zero-order valence-corrected chi connectivity index (χ0v) is 17.9. The molecule has 0 bridgehead atoms. The van der Waals surface area contributed by atoms with Crippen LogP contribution < -0.4 is 0 Å². The standard InChI is InChI=1S/C21H25N3O5S/c1-15-3-4-18(30-15)21(27)24-12-17(29-14-16-5-8-22-9-6-16)11-23(19(25)13-24)10-7-20(26)28-2/h3-6,8-9,17H,7,10-14H2,1-2H3/t17-/m1/s1. The van der Waals surface area contributed by atoms with Gasteiger partial charge in [-0.1, -0.05) is 0 Å². The van der Waals surface area contributed by atoms with Crippen LogP contribution in [0.2, 0.25) is 0 Å². The number of aromatic nitrogens is 1. The van der Waals surface area contributed by atoms with Crippen molar-refractivity contribution in [3.05, 3.63) is 52.0 Å². The lowest BCUT2D eigenvalue weighted by Crippen LogP contribution is -2.40. The highest BCUT2D eigenvalue weighted by Gasteiger charge is 2.32. The van der Waals surface area contributed by atoms with E-state index in [0.29, 0.717) is 24.6 Å². The molecule has 9 heteroatoms. The number of thiophene rings is 1. The third-order valence-electron chi connectivity index (χ3n) is 4.81. The van der Waals surface area contributed by atoms with Crippen molar-refractivity contribution in [1.82, 2.24) is 14.8 Å². The Morgan fingerprint density at radius 1 is 1.20 bits per heavy atom. The summed E-state index contributed by atoms with van der Waals surface area (Å²) in [6.45, 7) is 3.04. The predicted octanol–water partition coefficient (Wildman–Crippen LogP) is 1.88. The van der Waals surface area contributed by atoms with Crippen molar-refractivity contribution < 1.29 is 23.9 Å². The molecule has 1 fully saturated rings. The molecule has 3 rings (SSSR count). The zero-order chi connectivity index (χ0) is 21.5. The molecule has 0 radical (unpaired) electrons. The minimum Gasteiger partial charge on any atom is -0.469 e. The molecule has 1 aliphatic heterocycles. The van der Waals surface area contributed by atoms with Gasteiger partial charge in [0.2, 0.25) is 5.91 Å². The van der Waals surface area contributed by atoms with E-state index in [2.05, 4.69) is 9.72 Å². The van der Waals surface area contributed by atoms with Gasteiger partial charge in [-0.15, -0.1) is 11.3 Å². The number of amides is 2. The fourth-order valence-electron chi connectivity index (χ4n) is 3.18. The molecule has 0 unspecified atom stereocenters. The lowest BCUT2D eigenvalue weighted by molar-refractivity contribution is -0.142. The number of esters is 1. The summed E-state index contributed by atoms with van der Waals surface area (Å²) in [6.07, 6.45) is 3.09. The summed E-state index contributed by atoms with van der Waals surface area (Å²) < 4.78 is 10.7. The van der Waals surface area contributed by atoms with Crippen LogP contribution in [0.1, 0.15) is 26.5 Å². The molecule has 2 amide bonds. The third-order valence-corrected chi connectivity index (χ3v) is 5.80. The summed E-state index contributed by atoms with van der Waals surface area (Å²) in [5.74, 6) is -0.785. The summed E-state index contributed by atoms with van der Waals surface area (Å²) >= 11 is 1.40. The van der Waals surface area contributed by atoms with Crippen molar-refractivity contribution in [2.45, 2.75) is 26.1 Å². The minimum absolute atomic E-state index is 0.0495. The number of carbonyl (C=O) groups is 3. The Labute approximate surface area is 179 Å². The number of pyridine rings is 1. The van der Waals surface area contributed by atoms with Gasteiger partial charge < -0.3 is 19.3 Å². The van der Waals surface area contributed by atoms with Crippen LogP contribution in [0.15, 0.2) is 36.7 Å². The molecule has 8 nitrogen and oxygen atoms in total. The Bertz CT molecular complexity index is 886. The molecular weight excluding hydrogens is 406 g/mol. The van der Waals surface area contributed by atoms with Crippen LogP contribution in [0, 0.1) is 6.92 Å². The van der Waals surface area contributed by atoms with Gasteiger partial charge in [-0.2, -0.15) is 0 Å². The average molecular weight is 432 g/mol. The van der Waals surface area contributed by atoms with Crippen LogP contribution in [-0.2, 0) is 25.7 Å². The number of hydrogen-bond donors (Lipinski definition) is 0. The second-order valence-corrected chi connectivity index (χ2v) is 8.34. The number of nitrogens with zero attached hydrogens (tertiary/aromatic N) is 3. The Balaban J connectivity index is 1.74. The lowest BCUT2D eigenvalue weighted by Gasteiger charge is -2.24. The van der Waals surface area contributed by atoms with E-state index in [1.807, 2.05) is 25.1 Å².